The largest absolute Gasteiger partial charge is 0.506 e. The van der Waals surface area contributed by atoms with Gasteiger partial charge in [-0.3, -0.25) is 4.99 Å². The van der Waals surface area contributed by atoms with Gasteiger partial charge in [0.05, 0.1) is 17.9 Å². The second kappa shape index (κ2) is 8.88. The van der Waals surface area contributed by atoms with Gasteiger partial charge < -0.3 is 9.84 Å². The van der Waals surface area contributed by atoms with Gasteiger partial charge in [-0.15, -0.1) is 0 Å². The lowest BCUT2D eigenvalue weighted by Gasteiger charge is -2.09. The van der Waals surface area contributed by atoms with E-state index in [0.29, 0.717) is 6.07 Å². The molecular weight excluding hydrogens is 408 g/mol. The van der Waals surface area contributed by atoms with Crippen LogP contribution in [0.1, 0.15) is 12.5 Å². The molecule has 1 aromatic heterocycles. The Labute approximate surface area is 161 Å². The molecule has 142 valence electrons. The summed E-state index contributed by atoms with van der Waals surface area (Å²) in [7, 11) is 0. The highest BCUT2D eigenvalue weighted by Gasteiger charge is 2.21. The number of rotatable bonds is 5. The van der Waals surface area contributed by atoms with E-state index < -0.39 is 39.9 Å². The smallest absolute Gasteiger partial charge is 0.343 e. The lowest BCUT2D eigenvalue weighted by Crippen LogP contribution is -2.12. The minimum Gasteiger partial charge on any atom is -0.506 e. The number of pyridine rings is 1. The monoisotopic (exact) mass is 418 g/mol. The lowest BCUT2D eigenvalue weighted by molar-refractivity contribution is -0.137. The van der Waals surface area contributed by atoms with E-state index >= 15 is 0 Å². The van der Waals surface area contributed by atoms with Crippen LogP contribution in [-0.4, -0.2) is 28.9 Å². The number of hydrogen-bond acceptors (Lipinski definition) is 5. The number of aliphatic imine (C=N–C) groups is 1. The SMILES string of the molecule is CCOC(=O)C(C=Nc1ccc(F)cc1F)=C(O)c1cc(F)c(Cl)nc1Cl. The van der Waals surface area contributed by atoms with Gasteiger partial charge in [0.1, 0.15) is 22.3 Å². The maximum atomic E-state index is 13.7. The van der Waals surface area contributed by atoms with Crippen LogP contribution in [0.4, 0.5) is 18.9 Å². The molecule has 27 heavy (non-hydrogen) atoms. The fraction of sp³-hybridized carbons (Fsp3) is 0.118. The van der Waals surface area contributed by atoms with Gasteiger partial charge in [-0.1, -0.05) is 23.2 Å². The standard InChI is InChI=1S/C17H11Cl2F3N2O3/c1-2-27-17(26)10(7-23-13-4-3-8(20)5-11(13)21)14(25)9-6-12(22)16(19)24-15(9)18/h3-7,25H,2H2,1H3. The third kappa shape index (κ3) is 4.99. The summed E-state index contributed by atoms with van der Waals surface area (Å²) in [4.78, 5) is 19.3. The van der Waals surface area contributed by atoms with Crippen molar-refractivity contribution in [3.05, 3.63) is 63.2 Å². The van der Waals surface area contributed by atoms with Gasteiger partial charge in [0, 0.05) is 12.3 Å². The van der Waals surface area contributed by atoms with E-state index in [1.807, 2.05) is 0 Å². The normalized spacial score (nSPS) is 12.2. The molecule has 0 aliphatic carbocycles. The number of nitrogens with zero attached hydrogens (tertiary/aromatic N) is 2. The van der Waals surface area contributed by atoms with Gasteiger partial charge in [-0.25, -0.2) is 22.9 Å². The van der Waals surface area contributed by atoms with Crippen LogP contribution in [0.5, 0.6) is 0 Å². The maximum Gasteiger partial charge on any atom is 0.343 e. The topological polar surface area (TPSA) is 71.8 Å². The number of carbonyl (C=O) groups excluding carboxylic acids is 1. The van der Waals surface area contributed by atoms with E-state index in [-0.39, 0.29) is 23.0 Å². The molecule has 0 bridgehead atoms. The third-order valence-electron chi connectivity index (χ3n) is 3.13. The van der Waals surface area contributed by atoms with Crippen molar-refractivity contribution >= 4 is 46.8 Å². The zero-order chi connectivity index (χ0) is 20.1. The Morgan fingerprint density at radius 1 is 1.22 bits per heavy atom. The van der Waals surface area contributed by atoms with Crippen molar-refractivity contribution < 1.29 is 27.8 Å². The molecule has 2 rings (SSSR count). The molecule has 2 aromatic rings. The van der Waals surface area contributed by atoms with Crippen molar-refractivity contribution in [3.63, 3.8) is 0 Å². The number of carbonyl (C=O) groups is 1. The number of halogens is 5. The first-order valence-electron chi connectivity index (χ1n) is 7.36. The van der Waals surface area contributed by atoms with Crippen molar-refractivity contribution in [2.24, 2.45) is 4.99 Å². The van der Waals surface area contributed by atoms with Crippen LogP contribution < -0.4 is 0 Å². The van der Waals surface area contributed by atoms with E-state index in [9.17, 15) is 23.1 Å². The number of aliphatic hydroxyl groups excluding tert-OH is 1. The van der Waals surface area contributed by atoms with Crippen molar-refractivity contribution in [2.45, 2.75) is 6.92 Å². The number of esters is 1. The molecule has 10 heteroatoms. The number of ether oxygens (including phenoxy) is 1. The van der Waals surface area contributed by atoms with Crippen LogP contribution >= 0.6 is 23.2 Å². The molecule has 0 amide bonds. The van der Waals surface area contributed by atoms with Crippen LogP contribution in [0.25, 0.3) is 5.76 Å². The summed E-state index contributed by atoms with van der Waals surface area (Å²) in [6.45, 7) is 1.47. The first kappa shape index (κ1) is 20.7. The molecule has 1 N–H and O–H groups in total. The summed E-state index contributed by atoms with van der Waals surface area (Å²) < 4.78 is 45.1. The summed E-state index contributed by atoms with van der Waals surface area (Å²) in [5.41, 5.74) is -1.21. The van der Waals surface area contributed by atoms with Crippen LogP contribution in [-0.2, 0) is 9.53 Å². The Morgan fingerprint density at radius 3 is 2.56 bits per heavy atom. The summed E-state index contributed by atoms with van der Waals surface area (Å²) in [6.07, 6.45) is 0.784. The van der Waals surface area contributed by atoms with Crippen molar-refractivity contribution in [1.29, 1.82) is 0 Å². The second-order valence-corrected chi connectivity index (χ2v) is 5.65. The van der Waals surface area contributed by atoms with Gasteiger partial charge in [0.2, 0.25) is 0 Å². The predicted molar refractivity (Wildman–Crippen MR) is 94.9 cm³/mol. The Morgan fingerprint density at radius 2 is 1.93 bits per heavy atom. The minimum atomic E-state index is -1.03. The average Bonchev–Trinajstić information content (AvgIpc) is 2.60. The first-order valence-corrected chi connectivity index (χ1v) is 8.11. The molecule has 0 unspecified atom stereocenters. The van der Waals surface area contributed by atoms with Gasteiger partial charge in [-0.05, 0) is 25.1 Å². The summed E-state index contributed by atoms with van der Waals surface area (Å²) in [6, 6.07) is 3.34. The van der Waals surface area contributed by atoms with Crippen molar-refractivity contribution in [2.75, 3.05) is 6.61 Å². The minimum absolute atomic E-state index is 0.0463. The fourth-order valence-corrected chi connectivity index (χ4v) is 2.31. The number of aliphatic hydroxyl groups is 1. The Kier molecular flexibility index (Phi) is 6.81. The molecule has 0 saturated carbocycles. The highest BCUT2D eigenvalue weighted by Crippen LogP contribution is 2.27. The summed E-state index contributed by atoms with van der Waals surface area (Å²) >= 11 is 11.3. The number of aromatic nitrogens is 1. The molecule has 1 aromatic carbocycles. The molecule has 0 fully saturated rings. The van der Waals surface area contributed by atoms with Gasteiger partial charge in [0.25, 0.3) is 0 Å². The van der Waals surface area contributed by atoms with Gasteiger partial charge >= 0.3 is 5.97 Å². The van der Waals surface area contributed by atoms with Gasteiger partial charge in [-0.2, -0.15) is 0 Å². The molecular formula is C17H11Cl2F3N2O3. The zero-order valence-corrected chi connectivity index (χ0v) is 15.2. The molecule has 0 aliphatic rings. The van der Waals surface area contributed by atoms with E-state index in [4.69, 9.17) is 27.9 Å². The highest BCUT2D eigenvalue weighted by molar-refractivity contribution is 6.34. The second-order valence-electron chi connectivity index (χ2n) is 4.94. The Balaban J connectivity index is 2.57. The van der Waals surface area contributed by atoms with E-state index in [1.54, 1.807) is 0 Å². The van der Waals surface area contributed by atoms with E-state index in [1.165, 1.54) is 6.92 Å². The molecule has 5 nitrogen and oxygen atoms in total. The lowest BCUT2D eigenvalue weighted by atomic mass is 10.1. The Bertz CT molecular complexity index is 949. The van der Waals surface area contributed by atoms with Crippen molar-refractivity contribution in [1.82, 2.24) is 4.98 Å². The van der Waals surface area contributed by atoms with Crippen molar-refractivity contribution in [3.8, 4) is 0 Å². The summed E-state index contributed by atoms with van der Waals surface area (Å²) in [5.74, 6) is -4.65. The Hall–Kier alpha value is -2.58. The molecule has 0 radical (unpaired) electrons. The molecule has 1 heterocycles. The quantitative estimate of drug-likeness (QED) is 0.242. The first-order chi connectivity index (χ1) is 12.7. The highest BCUT2D eigenvalue weighted by atomic mass is 35.5. The van der Waals surface area contributed by atoms with E-state index in [2.05, 4.69) is 9.98 Å². The molecule has 0 saturated heterocycles. The van der Waals surface area contributed by atoms with Crippen LogP contribution in [0.15, 0.2) is 34.8 Å². The summed E-state index contributed by atoms with van der Waals surface area (Å²) in [5, 5.41) is 9.45. The van der Waals surface area contributed by atoms with Crippen LogP contribution in [0, 0.1) is 17.5 Å². The third-order valence-corrected chi connectivity index (χ3v) is 3.69. The van der Waals surface area contributed by atoms with E-state index in [0.717, 1.165) is 24.4 Å². The van der Waals surface area contributed by atoms with Crippen LogP contribution in [0.3, 0.4) is 0 Å². The average molecular weight is 419 g/mol. The number of benzene rings is 1. The fourth-order valence-electron chi connectivity index (χ4n) is 1.90. The maximum absolute atomic E-state index is 13.7. The van der Waals surface area contributed by atoms with Crippen LogP contribution in [0.2, 0.25) is 10.3 Å². The zero-order valence-electron chi connectivity index (χ0n) is 13.6. The predicted octanol–water partition coefficient (Wildman–Crippen LogP) is 5.04. The molecule has 0 atom stereocenters. The number of hydrogen-bond donors (Lipinski definition) is 1. The molecule has 0 aliphatic heterocycles. The molecule has 0 spiro atoms. The van der Waals surface area contributed by atoms with Gasteiger partial charge in [0.15, 0.2) is 16.8 Å².